The van der Waals surface area contributed by atoms with Gasteiger partial charge in [-0.05, 0) is 73.2 Å². The predicted octanol–water partition coefficient (Wildman–Crippen LogP) is 5.70. The van der Waals surface area contributed by atoms with Gasteiger partial charge in [-0.3, -0.25) is 9.59 Å². The number of pyridine rings is 1. The van der Waals surface area contributed by atoms with E-state index in [1.807, 2.05) is 13.0 Å². The number of carbonyl (C=O) groups is 2. The van der Waals surface area contributed by atoms with Gasteiger partial charge < -0.3 is 20.1 Å². The Labute approximate surface area is 197 Å². The number of ether oxygens (including phenoxy) is 2. The number of methoxy groups -OCH3 is 1. The van der Waals surface area contributed by atoms with Crippen LogP contribution < -0.4 is 20.1 Å². The van der Waals surface area contributed by atoms with E-state index in [-0.39, 0.29) is 17.7 Å². The second-order valence-electron chi connectivity index (χ2n) is 7.44. The van der Waals surface area contributed by atoms with Crippen molar-refractivity contribution in [1.82, 2.24) is 4.98 Å². The third-order valence-corrected chi connectivity index (χ3v) is 5.08. The molecule has 0 aliphatic rings. The number of benzene rings is 3. The van der Waals surface area contributed by atoms with Crippen LogP contribution in [0.1, 0.15) is 26.3 Å². The van der Waals surface area contributed by atoms with Gasteiger partial charge in [0.15, 0.2) is 0 Å². The monoisotopic (exact) mass is 453 g/mol. The molecule has 7 heteroatoms. The van der Waals surface area contributed by atoms with Crippen molar-refractivity contribution < 1.29 is 19.1 Å². The Morgan fingerprint density at radius 3 is 2.15 bits per heavy atom. The van der Waals surface area contributed by atoms with Crippen molar-refractivity contribution in [2.75, 3.05) is 17.7 Å². The summed E-state index contributed by atoms with van der Waals surface area (Å²) in [6.07, 6.45) is 1.58. The van der Waals surface area contributed by atoms with Crippen LogP contribution in [0.4, 0.5) is 11.4 Å². The van der Waals surface area contributed by atoms with Crippen LogP contribution in [0.3, 0.4) is 0 Å². The Bertz CT molecular complexity index is 1310. The Hall–Kier alpha value is -4.65. The molecule has 0 bridgehead atoms. The first-order chi connectivity index (χ1) is 16.5. The lowest BCUT2D eigenvalue weighted by atomic mass is 10.1. The van der Waals surface area contributed by atoms with Crippen molar-refractivity contribution in [3.8, 4) is 17.4 Å². The van der Waals surface area contributed by atoms with Crippen LogP contribution in [0.15, 0.2) is 91.1 Å². The summed E-state index contributed by atoms with van der Waals surface area (Å²) in [7, 11) is 1.59. The first-order valence-electron chi connectivity index (χ1n) is 10.6. The maximum atomic E-state index is 13.0. The van der Waals surface area contributed by atoms with Gasteiger partial charge in [0.05, 0.1) is 7.11 Å². The predicted molar refractivity (Wildman–Crippen MR) is 131 cm³/mol. The van der Waals surface area contributed by atoms with Gasteiger partial charge in [0.1, 0.15) is 17.2 Å². The summed E-state index contributed by atoms with van der Waals surface area (Å²) >= 11 is 0. The van der Waals surface area contributed by atoms with Crippen LogP contribution in [-0.4, -0.2) is 23.9 Å². The first-order valence-corrected chi connectivity index (χ1v) is 10.6. The van der Waals surface area contributed by atoms with E-state index >= 15 is 0 Å². The van der Waals surface area contributed by atoms with Gasteiger partial charge in [-0.15, -0.1) is 0 Å². The van der Waals surface area contributed by atoms with E-state index in [9.17, 15) is 9.59 Å². The van der Waals surface area contributed by atoms with Crippen molar-refractivity contribution in [3.05, 3.63) is 108 Å². The van der Waals surface area contributed by atoms with Gasteiger partial charge >= 0.3 is 0 Å². The molecule has 0 radical (unpaired) electrons. The summed E-state index contributed by atoms with van der Waals surface area (Å²) in [6, 6.07) is 24.5. The van der Waals surface area contributed by atoms with Crippen LogP contribution in [0.25, 0.3) is 0 Å². The molecule has 2 N–H and O–H groups in total. The summed E-state index contributed by atoms with van der Waals surface area (Å²) < 4.78 is 11.0. The van der Waals surface area contributed by atoms with E-state index < -0.39 is 0 Å². The van der Waals surface area contributed by atoms with Crippen LogP contribution in [0.5, 0.6) is 17.4 Å². The lowest BCUT2D eigenvalue weighted by Gasteiger charge is -2.13. The minimum Gasteiger partial charge on any atom is -0.497 e. The number of anilines is 2. The number of hydrogen-bond acceptors (Lipinski definition) is 5. The highest BCUT2D eigenvalue weighted by molar-refractivity contribution is 6.08. The fraction of sp³-hybridized carbons (Fsp3) is 0.0741. The SMILES string of the molecule is COc1ccc(Oc2ncccc2NC(=O)c2ccc(C)c(NC(=O)c3ccccc3)c2)cc1. The third kappa shape index (κ3) is 5.39. The van der Waals surface area contributed by atoms with Crippen molar-refractivity contribution in [3.63, 3.8) is 0 Å². The zero-order valence-electron chi connectivity index (χ0n) is 18.7. The summed E-state index contributed by atoms with van der Waals surface area (Å²) in [5, 5.41) is 5.71. The molecule has 1 aromatic heterocycles. The molecular weight excluding hydrogens is 430 g/mol. The quantitative estimate of drug-likeness (QED) is 0.375. The molecule has 0 aliphatic heterocycles. The molecule has 1 heterocycles. The number of nitrogens with one attached hydrogen (secondary N) is 2. The number of carbonyl (C=O) groups excluding carboxylic acids is 2. The fourth-order valence-electron chi connectivity index (χ4n) is 3.20. The molecule has 0 atom stereocenters. The second-order valence-corrected chi connectivity index (χ2v) is 7.44. The Morgan fingerprint density at radius 1 is 0.735 bits per heavy atom. The van der Waals surface area contributed by atoms with Crippen molar-refractivity contribution in [2.45, 2.75) is 6.92 Å². The van der Waals surface area contributed by atoms with Crippen LogP contribution in [0, 0.1) is 6.92 Å². The average molecular weight is 453 g/mol. The molecule has 0 saturated carbocycles. The molecule has 0 spiro atoms. The molecule has 4 aromatic rings. The zero-order chi connectivity index (χ0) is 23.9. The number of rotatable bonds is 7. The van der Waals surface area contributed by atoms with E-state index in [1.54, 1.807) is 92.2 Å². The van der Waals surface area contributed by atoms with Gasteiger partial charge in [-0.2, -0.15) is 0 Å². The molecule has 0 fully saturated rings. The van der Waals surface area contributed by atoms with Gasteiger partial charge in [0.25, 0.3) is 11.8 Å². The molecule has 3 aromatic carbocycles. The Kier molecular flexibility index (Phi) is 6.84. The normalized spacial score (nSPS) is 10.3. The highest BCUT2D eigenvalue weighted by Crippen LogP contribution is 2.29. The van der Waals surface area contributed by atoms with E-state index in [1.165, 1.54) is 0 Å². The van der Waals surface area contributed by atoms with Gasteiger partial charge in [0.2, 0.25) is 5.88 Å². The van der Waals surface area contributed by atoms with Crippen molar-refractivity contribution in [1.29, 1.82) is 0 Å². The molecule has 0 unspecified atom stereocenters. The summed E-state index contributed by atoms with van der Waals surface area (Å²) in [6.45, 7) is 1.87. The largest absolute Gasteiger partial charge is 0.497 e. The zero-order valence-corrected chi connectivity index (χ0v) is 18.7. The Morgan fingerprint density at radius 2 is 1.41 bits per heavy atom. The number of aryl methyl sites for hydroxylation is 1. The standard InChI is InChI=1S/C27H23N3O4/c1-18-10-11-20(17-24(18)30-25(31)19-7-4-3-5-8-19)26(32)29-23-9-6-16-28-27(23)34-22-14-12-21(33-2)13-15-22/h3-17H,1-2H3,(H,29,32)(H,30,31). The highest BCUT2D eigenvalue weighted by atomic mass is 16.5. The Balaban J connectivity index is 1.51. The fourth-order valence-corrected chi connectivity index (χ4v) is 3.20. The molecule has 34 heavy (non-hydrogen) atoms. The number of amides is 2. The topological polar surface area (TPSA) is 89.6 Å². The summed E-state index contributed by atoms with van der Waals surface area (Å²) in [5.74, 6) is 0.907. The third-order valence-electron chi connectivity index (χ3n) is 5.08. The van der Waals surface area contributed by atoms with Crippen molar-refractivity contribution >= 4 is 23.2 Å². The number of hydrogen-bond donors (Lipinski definition) is 2. The van der Waals surface area contributed by atoms with Crippen LogP contribution >= 0.6 is 0 Å². The lowest BCUT2D eigenvalue weighted by molar-refractivity contribution is 0.101. The van der Waals surface area contributed by atoms with Crippen LogP contribution in [-0.2, 0) is 0 Å². The van der Waals surface area contributed by atoms with Crippen LogP contribution in [0.2, 0.25) is 0 Å². The second kappa shape index (κ2) is 10.3. The average Bonchev–Trinajstić information content (AvgIpc) is 2.87. The van der Waals surface area contributed by atoms with Gasteiger partial charge in [-0.25, -0.2) is 4.98 Å². The number of nitrogens with zero attached hydrogens (tertiary/aromatic N) is 1. The molecule has 0 saturated heterocycles. The maximum Gasteiger partial charge on any atom is 0.255 e. The molecule has 2 amide bonds. The molecule has 170 valence electrons. The summed E-state index contributed by atoms with van der Waals surface area (Å²) in [4.78, 5) is 29.8. The lowest BCUT2D eigenvalue weighted by Crippen LogP contribution is -2.16. The van der Waals surface area contributed by atoms with E-state index in [0.29, 0.717) is 34.0 Å². The smallest absolute Gasteiger partial charge is 0.255 e. The molecule has 0 aliphatic carbocycles. The van der Waals surface area contributed by atoms with E-state index in [0.717, 1.165) is 5.56 Å². The van der Waals surface area contributed by atoms with Gasteiger partial charge in [0, 0.05) is 23.0 Å². The number of aromatic nitrogens is 1. The highest BCUT2D eigenvalue weighted by Gasteiger charge is 2.14. The minimum absolute atomic E-state index is 0.247. The molecule has 4 rings (SSSR count). The van der Waals surface area contributed by atoms with Gasteiger partial charge in [-0.1, -0.05) is 24.3 Å². The van der Waals surface area contributed by atoms with E-state index in [2.05, 4.69) is 15.6 Å². The minimum atomic E-state index is -0.359. The van der Waals surface area contributed by atoms with E-state index in [4.69, 9.17) is 9.47 Å². The molecular formula is C27H23N3O4. The van der Waals surface area contributed by atoms with Crippen molar-refractivity contribution in [2.24, 2.45) is 0 Å². The first kappa shape index (κ1) is 22.5. The molecule has 7 nitrogen and oxygen atoms in total. The maximum absolute atomic E-state index is 13.0. The summed E-state index contributed by atoms with van der Waals surface area (Å²) in [5.41, 5.74) is 2.73.